The molecule has 5 heteroatoms. The van der Waals surface area contributed by atoms with Gasteiger partial charge in [-0.25, -0.2) is 0 Å². The Morgan fingerprint density at radius 2 is 2.18 bits per heavy atom. The fourth-order valence-corrected chi connectivity index (χ4v) is 3.69. The van der Waals surface area contributed by atoms with Gasteiger partial charge in [-0.1, -0.05) is 0 Å². The Morgan fingerprint density at radius 3 is 2.91 bits per heavy atom. The van der Waals surface area contributed by atoms with Crippen LogP contribution in [0.1, 0.15) is 29.0 Å². The lowest BCUT2D eigenvalue weighted by Gasteiger charge is -2.23. The summed E-state index contributed by atoms with van der Waals surface area (Å²) in [4.78, 5) is 17.0. The van der Waals surface area contributed by atoms with E-state index in [1.807, 2.05) is 17.9 Å². The van der Waals surface area contributed by atoms with Crippen molar-refractivity contribution in [3.63, 3.8) is 0 Å². The second kappa shape index (κ2) is 5.70. The van der Waals surface area contributed by atoms with Crippen molar-refractivity contribution in [1.29, 1.82) is 0 Å². The van der Waals surface area contributed by atoms with Gasteiger partial charge in [-0.05, 0) is 31.7 Å². The molecule has 3 fully saturated rings. The van der Waals surface area contributed by atoms with E-state index in [0.717, 1.165) is 37.7 Å². The van der Waals surface area contributed by atoms with Crippen molar-refractivity contribution in [2.75, 3.05) is 39.3 Å². The zero-order chi connectivity index (χ0) is 15.1. The standard InChI is InChI=1S/C17H24N2O3/c1-12-4-6-22-16(12)17(20)19-10-14-9-18(8-13-2-3-13)5-7-21-15(14)11-19/h4,6,13-15H,2-3,5,7-11H2,1H3/t14-,15+/m1/s1. The van der Waals surface area contributed by atoms with Crippen LogP contribution in [0, 0.1) is 18.8 Å². The smallest absolute Gasteiger partial charge is 0.289 e. The van der Waals surface area contributed by atoms with Crippen LogP contribution in [0.3, 0.4) is 0 Å². The second-order valence-electron chi connectivity index (χ2n) is 7.02. The van der Waals surface area contributed by atoms with E-state index >= 15 is 0 Å². The SMILES string of the molecule is Cc1ccoc1C(=O)N1C[C@H]2CN(CC3CC3)CCO[C@H]2C1. The average Bonchev–Trinajstić information content (AvgIpc) is 3.13. The van der Waals surface area contributed by atoms with E-state index in [0.29, 0.717) is 18.2 Å². The number of hydrogen-bond acceptors (Lipinski definition) is 4. The minimum Gasteiger partial charge on any atom is -0.459 e. The minimum atomic E-state index is 0.00733. The van der Waals surface area contributed by atoms with E-state index in [4.69, 9.17) is 9.15 Å². The summed E-state index contributed by atoms with van der Waals surface area (Å²) in [6.45, 7) is 7.48. The van der Waals surface area contributed by atoms with Gasteiger partial charge in [-0.2, -0.15) is 0 Å². The maximum atomic E-state index is 12.6. The molecule has 0 N–H and O–H groups in total. The summed E-state index contributed by atoms with van der Waals surface area (Å²) in [5.74, 6) is 1.82. The molecule has 1 amide bonds. The van der Waals surface area contributed by atoms with Crippen LogP contribution in [0.25, 0.3) is 0 Å². The topological polar surface area (TPSA) is 45.9 Å². The van der Waals surface area contributed by atoms with Crippen molar-refractivity contribution in [3.05, 3.63) is 23.7 Å². The van der Waals surface area contributed by atoms with Crippen LogP contribution in [-0.4, -0.2) is 61.1 Å². The van der Waals surface area contributed by atoms with Gasteiger partial charge in [-0.15, -0.1) is 0 Å². The zero-order valence-electron chi connectivity index (χ0n) is 13.2. The summed E-state index contributed by atoms with van der Waals surface area (Å²) in [5.41, 5.74) is 0.911. The van der Waals surface area contributed by atoms with Crippen molar-refractivity contribution in [2.45, 2.75) is 25.9 Å². The molecular formula is C17H24N2O3. The predicted octanol–water partition coefficient (Wildman–Crippen LogP) is 1.77. The van der Waals surface area contributed by atoms with E-state index < -0.39 is 0 Å². The highest BCUT2D eigenvalue weighted by atomic mass is 16.5. The molecule has 0 unspecified atom stereocenters. The molecule has 2 atom stereocenters. The number of fused-ring (bicyclic) bond motifs is 1. The molecule has 0 bridgehead atoms. The van der Waals surface area contributed by atoms with Crippen molar-refractivity contribution >= 4 is 5.91 Å². The maximum absolute atomic E-state index is 12.6. The van der Waals surface area contributed by atoms with Crippen LogP contribution in [0.4, 0.5) is 0 Å². The van der Waals surface area contributed by atoms with Gasteiger partial charge < -0.3 is 19.0 Å². The molecule has 1 saturated carbocycles. The van der Waals surface area contributed by atoms with Gasteiger partial charge in [-0.3, -0.25) is 4.79 Å². The van der Waals surface area contributed by atoms with Crippen LogP contribution < -0.4 is 0 Å². The molecule has 1 aromatic rings. The molecule has 22 heavy (non-hydrogen) atoms. The number of ether oxygens (including phenoxy) is 1. The van der Waals surface area contributed by atoms with Gasteiger partial charge in [0.05, 0.1) is 19.0 Å². The third-order valence-electron chi connectivity index (χ3n) is 5.17. The third-order valence-corrected chi connectivity index (χ3v) is 5.17. The number of carbonyl (C=O) groups is 1. The monoisotopic (exact) mass is 304 g/mol. The average molecular weight is 304 g/mol. The molecule has 5 nitrogen and oxygen atoms in total. The fourth-order valence-electron chi connectivity index (χ4n) is 3.69. The molecule has 2 saturated heterocycles. The van der Waals surface area contributed by atoms with Crippen LogP contribution in [0.5, 0.6) is 0 Å². The third kappa shape index (κ3) is 2.79. The van der Waals surface area contributed by atoms with E-state index in [2.05, 4.69) is 4.90 Å². The van der Waals surface area contributed by atoms with Crippen LogP contribution in [0.15, 0.2) is 16.7 Å². The normalized spacial score (nSPS) is 29.4. The van der Waals surface area contributed by atoms with Gasteiger partial charge >= 0.3 is 0 Å². The predicted molar refractivity (Wildman–Crippen MR) is 81.7 cm³/mol. The molecule has 3 heterocycles. The molecular weight excluding hydrogens is 280 g/mol. The van der Waals surface area contributed by atoms with Crippen molar-refractivity contribution < 1.29 is 13.9 Å². The quantitative estimate of drug-likeness (QED) is 0.854. The summed E-state index contributed by atoms with van der Waals surface area (Å²) in [6.07, 6.45) is 4.54. The summed E-state index contributed by atoms with van der Waals surface area (Å²) < 4.78 is 11.4. The summed E-state index contributed by atoms with van der Waals surface area (Å²) >= 11 is 0. The van der Waals surface area contributed by atoms with Gasteiger partial charge in [0.25, 0.3) is 5.91 Å². The Hall–Kier alpha value is -1.33. The minimum absolute atomic E-state index is 0.00733. The number of carbonyl (C=O) groups excluding carboxylic acids is 1. The highest BCUT2D eigenvalue weighted by molar-refractivity contribution is 5.93. The second-order valence-corrected chi connectivity index (χ2v) is 7.02. The Labute approximate surface area is 131 Å². The molecule has 0 spiro atoms. The first-order valence-electron chi connectivity index (χ1n) is 8.38. The highest BCUT2D eigenvalue weighted by Crippen LogP contribution is 2.32. The molecule has 0 radical (unpaired) electrons. The van der Waals surface area contributed by atoms with Crippen LogP contribution >= 0.6 is 0 Å². The number of likely N-dealkylation sites (tertiary alicyclic amines) is 1. The summed E-state index contributed by atoms with van der Waals surface area (Å²) in [5, 5.41) is 0. The molecule has 0 aromatic carbocycles. The fraction of sp³-hybridized carbons (Fsp3) is 0.706. The van der Waals surface area contributed by atoms with Crippen molar-refractivity contribution in [1.82, 2.24) is 9.80 Å². The van der Waals surface area contributed by atoms with E-state index in [1.54, 1.807) is 6.26 Å². The van der Waals surface area contributed by atoms with E-state index in [1.165, 1.54) is 19.4 Å². The highest BCUT2D eigenvalue weighted by Gasteiger charge is 2.40. The summed E-state index contributed by atoms with van der Waals surface area (Å²) in [6, 6.07) is 1.84. The lowest BCUT2D eigenvalue weighted by Crippen LogP contribution is -2.35. The maximum Gasteiger partial charge on any atom is 0.289 e. The van der Waals surface area contributed by atoms with Gasteiger partial charge in [0.1, 0.15) is 0 Å². The van der Waals surface area contributed by atoms with E-state index in [-0.39, 0.29) is 12.0 Å². The van der Waals surface area contributed by atoms with Crippen LogP contribution in [0.2, 0.25) is 0 Å². The number of furan rings is 1. The molecule has 120 valence electrons. The van der Waals surface area contributed by atoms with Crippen molar-refractivity contribution in [3.8, 4) is 0 Å². The van der Waals surface area contributed by atoms with Crippen LogP contribution in [-0.2, 0) is 4.74 Å². The van der Waals surface area contributed by atoms with Crippen molar-refractivity contribution in [2.24, 2.45) is 11.8 Å². The summed E-state index contributed by atoms with van der Waals surface area (Å²) in [7, 11) is 0. The van der Waals surface area contributed by atoms with E-state index in [9.17, 15) is 4.79 Å². The van der Waals surface area contributed by atoms with Gasteiger partial charge in [0.2, 0.25) is 0 Å². The Bertz CT molecular complexity index is 552. The lowest BCUT2D eigenvalue weighted by molar-refractivity contribution is 0.0476. The first kappa shape index (κ1) is 14.3. The molecule has 1 aromatic heterocycles. The Balaban J connectivity index is 1.42. The Kier molecular flexibility index (Phi) is 3.70. The number of hydrogen-bond donors (Lipinski definition) is 0. The number of nitrogens with zero attached hydrogens (tertiary/aromatic N) is 2. The Morgan fingerprint density at radius 1 is 1.32 bits per heavy atom. The number of amides is 1. The first-order chi connectivity index (χ1) is 10.7. The molecule has 3 aliphatic rings. The molecule has 4 rings (SSSR count). The lowest BCUT2D eigenvalue weighted by atomic mass is 10.1. The number of rotatable bonds is 3. The molecule has 2 aliphatic heterocycles. The molecule has 1 aliphatic carbocycles. The largest absolute Gasteiger partial charge is 0.459 e. The van der Waals surface area contributed by atoms with Gasteiger partial charge in [0.15, 0.2) is 5.76 Å². The number of aryl methyl sites for hydroxylation is 1. The van der Waals surface area contributed by atoms with Gasteiger partial charge in [0, 0.05) is 44.2 Å². The first-order valence-corrected chi connectivity index (χ1v) is 8.38. The zero-order valence-corrected chi connectivity index (χ0v) is 13.2.